The Morgan fingerprint density at radius 2 is 1.42 bits per heavy atom. The van der Waals surface area contributed by atoms with E-state index in [9.17, 15) is 19.2 Å². The molecule has 1 aliphatic heterocycles. The molecule has 1 heterocycles. The molecule has 0 fully saturated rings. The number of nitrogens with zero attached hydrogens (tertiary/aromatic N) is 1. The van der Waals surface area contributed by atoms with Crippen molar-refractivity contribution in [1.29, 1.82) is 0 Å². The minimum absolute atomic E-state index is 0.0719. The van der Waals surface area contributed by atoms with Crippen molar-refractivity contribution in [2.24, 2.45) is 0 Å². The molecule has 0 N–H and O–H groups in total. The van der Waals surface area contributed by atoms with Crippen LogP contribution in [0.25, 0.3) is 0 Å². The third kappa shape index (κ3) is 3.06. The highest BCUT2D eigenvalue weighted by Crippen LogP contribution is 2.25. The average Bonchev–Trinajstić information content (AvgIpc) is 2.88. The molecule has 1 unspecified atom stereocenters. The summed E-state index contributed by atoms with van der Waals surface area (Å²) in [5, 5.41) is 0.377. The number of imide groups is 1. The number of carbonyl (C=O) groups is 4. The Bertz CT molecular complexity index is 842. The van der Waals surface area contributed by atoms with E-state index >= 15 is 0 Å². The summed E-state index contributed by atoms with van der Waals surface area (Å²) >= 11 is 0. The number of hydrogen-bond donors (Lipinski definition) is 0. The van der Waals surface area contributed by atoms with E-state index in [0.29, 0.717) is 10.6 Å². The zero-order chi connectivity index (χ0) is 18.7. The van der Waals surface area contributed by atoms with Crippen LogP contribution in [0.1, 0.15) is 39.1 Å². The van der Waals surface area contributed by atoms with E-state index in [1.54, 1.807) is 49.4 Å². The number of carbonyl (C=O) groups excluding carboxylic acids is 4. The topological polar surface area (TPSA) is 90.0 Å². The number of hydrogen-bond acceptors (Lipinski definition) is 6. The average molecular weight is 353 g/mol. The first kappa shape index (κ1) is 17.3. The van der Waals surface area contributed by atoms with Crippen LogP contribution in [0.5, 0.6) is 0 Å². The van der Waals surface area contributed by atoms with Crippen LogP contribution in [-0.4, -0.2) is 35.4 Å². The summed E-state index contributed by atoms with van der Waals surface area (Å²) in [4.78, 5) is 54.4. The van der Waals surface area contributed by atoms with Crippen molar-refractivity contribution in [2.45, 2.75) is 12.8 Å². The van der Waals surface area contributed by atoms with Crippen molar-refractivity contribution >= 4 is 23.8 Å². The summed E-state index contributed by atoms with van der Waals surface area (Å²) in [5.74, 6) is -4.80. The molecule has 7 nitrogen and oxygen atoms in total. The lowest BCUT2D eigenvalue weighted by atomic mass is 10.00. The van der Waals surface area contributed by atoms with E-state index in [2.05, 4.69) is 0 Å². The molecule has 0 spiro atoms. The van der Waals surface area contributed by atoms with Gasteiger partial charge in [-0.25, -0.2) is 4.79 Å². The van der Waals surface area contributed by atoms with Gasteiger partial charge in [-0.2, -0.15) is 0 Å². The summed E-state index contributed by atoms with van der Waals surface area (Å²) in [6.45, 7) is 1.68. The molecule has 0 saturated heterocycles. The first-order valence-corrected chi connectivity index (χ1v) is 7.95. The van der Waals surface area contributed by atoms with Gasteiger partial charge in [-0.15, -0.1) is 0 Å². The number of hydroxylamine groups is 2. The molecule has 2 amide bonds. The van der Waals surface area contributed by atoms with Gasteiger partial charge in [0, 0.05) is 0 Å². The van der Waals surface area contributed by atoms with Gasteiger partial charge in [0.25, 0.3) is 11.8 Å². The SMILES string of the molecule is CCOC(=O)C(C(=O)ON1C(=O)c2ccccc2C1=O)c1ccccc1. The summed E-state index contributed by atoms with van der Waals surface area (Å²) in [6.07, 6.45) is 0. The van der Waals surface area contributed by atoms with E-state index in [4.69, 9.17) is 9.57 Å². The Morgan fingerprint density at radius 3 is 1.96 bits per heavy atom. The molecule has 132 valence electrons. The van der Waals surface area contributed by atoms with E-state index < -0.39 is 29.7 Å². The molecule has 2 aromatic carbocycles. The van der Waals surface area contributed by atoms with Crippen LogP contribution in [0.4, 0.5) is 0 Å². The number of benzene rings is 2. The smallest absolute Gasteiger partial charge is 0.351 e. The van der Waals surface area contributed by atoms with E-state index in [-0.39, 0.29) is 17.7 Å². The first-order chi connectivity index (χ1) is 12.5. The maximum atomic E-state index is 12.6. The van der Waals surface area contributed by atoms with E-state index in [1.165, 1.54) is 12.1 Å². The third-order valence-corrected chi connectivity index (χ3v) is 3.83. The van der Waals surface area contributed by atoms with Gasteiger partial charge in [-0.1, -0.05) is 47.5 Å². The Labute approximate surface area is 149 Å². The van der Waals surface area contributed by atoms with E-state index in [1.807, 2.05) is 0 Å². The van der Waals surface area contributed by atoms with Gasteiger partial charge in [0.05, 0.1) is 17.7 Å². The normalized spacial score (nSPS) is 14.0. The Morgan fingerprint density at radius 1 is 0.885 bits per heavy atom. The fraction of sp³-hybridized carbons (Fsp3) is 0.158. The van der Waals surface area contributed by atoms with Crippen molar-refractivity contribution in [3.8, 4) is 0 Å². The maximum Gasteiger partial charge on any atom is 0.351 e. The predicted octanol–water partition coefficient (Wildman–Crippen LogP) is 2.09. The fourth-order valence-corrected chi connectivity index (χ4v) is 2.63. The molecular weight excluding hydrogens is 338 g/mol. The predicted molar refractivity (Wildman–Crippen MR) is 88.9 cm³/mol. The second-order valence-electron chi connectivity index (χ2n) is 5.46. The zero-order valence-corrected chi connectivity index (χ0v) is 13.9. The number of rotatable bonds is 5. The molecule has 0 bridgehead atoms. The minimum Gasteiger partial charge on any atom is -0.465 e. The quantitative estimate of drug-likeness (QED) is 0.464. The monoisotopic (exact) mass is 353 g/mol. The summed E-state index contributed by atoms with van der Waals surface area (Å²) in [7, 11) is 0. The summed E-state index contributed by atoms with van der Waals surface area (Å²) in [6, 6.07) is 14.3. The van der Waals surface area contributed by atoms with Crippen molar-refractivity contribution < 1.29 is 28.8 Å². The van der Waals surface area contributed by atoms with Crippen LogP contribution in [0, 0.1) is 0 Å². The Kier molecular flexibility index (Phi) is 4.79. The van der Waals surface area contributed by atoms with Gasteiger partial charge < -0.3 is 9.57 Å². The molecule has 0 radical (unpaired) electrons. The van der Waals surface area contributed by atoms with E-state index in [0.717, 1.165) is 0 Å². The number of fused-ring (bicyclic) bond motifs is 1. The minimum atomic E-state index is -1.40. The summed E-state index contributed by atoms with van der Waals surface area (Å²) in [5.41, 5.74) is 0.614. The van der Waals surface area contributed by atoms with Crippen LogP contribution in [0.15, 0.2) is 54.6 Å². The van der Waals surface area contributed by atoms with Crippen LogP contribution < -0.4 is 0 Å². The van der Waals surface area contributed by atoms with Gasteiger partial charge in [0.2, 0.25) is 0 Å². The third-order valence-electron chi connectivity index (χ3n) is 3.83. The van der Waals surface area contributed by atoms with Crippen LogP contribution in [0.3, 0.4) is 0 Å². The standard InChI is InChI=1S/C19H15NO6/c1-2-25-18(23)15(12-8-4-3-5-9-12)19(24)26-20-16(21)13-10-6-7-11-14(13)17(20)22/h3-11,15H,2H2,1H3. The molecule has 0 saturated carbocycles. The molecule has 3 rings (SSSR count). The number of amides is 2. The lowest BCUT2D eigenvalue weighted by Crippen LogP contribution is -2.36. The van der Waals surface area contributed by atoms with Crippen LogP contribution >= 0.6 is 0 Å². The van der Waals surface area contributed by atoms with Gasteiger partial charge in [0.15, 0.2) is 5.92 Å². The molecule has 7 heteroatoms. The lowest BCUT2D eigenvalue weighted by molar-refractivity contribution is -0.175. The highest BCUT2D eigenvalue weighted by molar-refractivity contribution is 6.21. The molecule has 0 aromatic heterocycles. The first-order valence-electron chi connectivity index (χ1n) is 7.95. The maximum absolute atomic E-state index is 12.6. The molecular formula is C19H15NO6. The lowest BCUT2D eigenvalue weighted by Gasteiger charge is -2.18. The summed E-state index contributed by atoms with van der Waals surface area (Å²) < 4.78 is 4.93. The second kappa shape index (κ2) is 7.18. The van der Waals surface area contributed by atoms with Crippen molar-refractivity contribution in [1.82, 2.24) is 5.06 Å². The number of esters is 1. The Balaban J connectivity index is 1.86. The highest BCUT2D eigenvalue weighted by Gasteiger charge is 2.41. The van der Waals surface area contributed by atoms with Gasteiger partial charge >= 0.3 is 11.9 Å². The van der Waals surface area contributed by atoms with Gasteiger partial charge in [-0.3, -0.25) is 14.4 Å². The van der Waals surface area contributed by atoms with Gasteiger partial charge in [0.1, 0.15) is 0 Å². The molecule has 1 atom stereocenters. The largest absolute Gasteiger partial charge is 0.465 e. The molecule has 26 heavy (non-hydrogen) atoms. The van der Waals surface area contributed by atoms with Crippen molar-refractivity contribution in [3.05, 3.63) is 71.3 Å². The molecule has 0 aliphatic carbocycles. The van der Waals surface area contributed by atoms with Gasteiger partial charge in [-0.05, 0) is 24.6 Å². The fourth-order valence-electron chi connectivity index (χ4n) is 2.63. The van der Waals surface area contributed by atoms with Crippen molar-refractivity contribution in [3.63, 3.8) is 0 Å². The Hall–Kier alpha value is -3.48. The molecule has 2 aromatic rings. The van der Waals surface area contributed by atoms with Crippen LogP contribution in [0.2, 0.25) is 0 Å². The van der Waals surface area contributed by atoms with Crippen molar-refractivity contribution in [2.75, 3.05) is 6.61 Å². The van der Waals surface area contributed by atoms with Crippen LogP contribution in [-0.2, 0) is 19.2 Å². The highest BCUT2D eigenvalue weighted by atomic mass is 16.7. The zero-order valence-electron chi connectivity index (χ0n) is 13.9. The molecule has 1 aliphatic rings. The number of ether oxygens (including phenoxy) is 1. The second-order valence-corrected chi connectivity index (χ2v) is 5.46.